The zero-order valence-electron chi connectivity index (χ0n) is 15.0. The molecule has 0 saturated carbocycles. The van der Waals surface area contributed by atoms with Crippen LogP contribution in [-0.4, -0.2) is 24.0 Å². The van der Waals surface area contributed by atoms with Crippen molar-refractivity contribution in [1.82, 2.24) is 4.90 Å². The monoisotopic (exact) mass is 357 g/mol. The van der Waals surface area contributed by atoms with E-state index in [9.17, 15) is 4.79 Å². The Morgan fingerprint density at radius 2 is 1.74 bits per heavy atom. The van der Waals surface area contributed by atoms with Gasteiger partial charge >= 0.3 is 0 Å². The molecule has 27 heavy (non-hydrogen) atoms. The molecule has 0 radical (unpaired) electrons. The molecule has 2 heterocycles. The highest BCUT2D eigenvalue weighted by Gasteiger charge is 2.52. The lowest BCUT2D eigenvalue weighted by Crippen LogP contribution is -2.60. The average molecular weight is 357 g/mol. The Kier molecular flexibility index (Phi) is 3.64. The molecule has 1 saturated heterocycles. The van der Waals surface area contributed by atoms with Gasteiger partial charge in [0.1, 0.15) is 17.5 Å². The zero-order chi connectivity index (χ0) is 18.4. The number of β-lactam (4-membered cyclic amide) rings is 1. The lowest BCUT2D eigenvalue weighted by molar-refractivity contribution is -0.165. The maximum atomic E-state index is 12.9. The fourth-order valence-electron chi connectivity index (χ4n) is 4.00. The number of methoxy groups -OCH3 is 1. The van der Waals surface area contributed by atoms with Crippen LogP contribution < -0.4 is 9.47 Å². The molecule has 0 aliphatic carbocycles. The van der Waals surface area contributed by atoms with E-state index in [0.29, 0.717) is 6.54 Å². The number of benzene rings is 3. The van der Waals surface area contributed by atoms with Crippen molar-refractivity contribution in [3.63, 3.8) is 0 Å². The number of amides is 1. The van der Waals surface area contributed by atoms with E-state index in [1.165, 1.54) is 0 Å². The largest absolute Gasteiger partial charge is 0.497 e. The van der Waals surface area contributed by atoms with E-state index < -0.39 is 6.10 Å². The number of ether oxygens (including phenoxy) is 2. The summed E-state index contributed by atoms with van der Waals surface area (Å²) in [6.45, 7) is 0.575. The number of nitrogens with zero attached hydrogens (tertiary/aromatic N) is 1. The highest BCUT2D eigenvalue weighted by Crippen LogP contribution is 2.48. The Morgan fingerprint density at radius 3 is 2.56 bits per heavy atom. The van der Waals surface area contributed by atoms with E-state index >= 15 is 0 Å². The molecule has 134 valence electrons. The van der Waals surface area contributed by atoms with E-state index in [-0.39, 0.29) is 11.9 Å². The van der Waals surface area contributed by atoms with Crippen molar-refractivity contribution in [3.8, 4) is 22.6 Å². The fraction of sp³-hybridized carbons (Fsp3) is 0.174. The number of hydrogen-bond donors (Lipinski definition) is 0. The summed E-state index contributed by atoms with van der Waals surface area (Å²) in [6, 6.07) is 23.9. The summed E-state index contributed by atoms with van der Waals surface area (Å²) >= 11 is 0. The van der Waals surface area contributed by atoms with Crippen LogP contribution in [-0.2, 0) is 11.3 Å². The van der Waals surface area contributed by atoms with Crippen LogP contribution in [0.3, 0.4) is 0 Å². The van der Waals surface area contributed by atoms with Crippen molar-refractivity contribution >= 4 is 5.91 Å². The van der Waals surface area contributed by atoms with Crippen molar-refractivity contribution in [2.75, 3.05) is 7.11 Å². The van der Waals surface area contributed by atoms with Crippen LogP contribution in [0.25, 0.3) is 11.1 Å². The van der Waals surface area contributed by atoms with Crippen molar-refractivity contribution in [2.45, 2.75) is 18.7 Å². The summed E-state index contributed by atoms with van der Waals surface area (Å²) in [5.74, 6) is 1.57. The van der Waals surface area contributed by atoms with Gasteiger partial charge in [-0.1, -0.05) is 54.6 Å². The predicted molar refractivity (Wildman–Crippen MR) is 103 cm³/mol. The summed E-state index contributed by atoms with van der Waals surface area (Å²) in [6.07, 6.45) is -0.482. The number of carbonyl (C=O) groups excluding carboxylic acids is 1. The molecular weight excluding hydrogens is 338 g/mol. The fourth-order valence-corrected chi connectivity index (χ4v) is 4.00. The van der Waals surface area contributed by atoms with Crippen molar-refractivity contribution in [3.05, 3.63) is 83.9 Å². The van der Waals surface area contributed by atoms with Gasteiger partial charge < -0.3 is 14.4 Å². The van der Waals surface area contributed by atoms with Gasteiger partial charge in [0.15, 0.2) is 0 Å². The van der Waals surface area contributed by atoms with Crippen molar-refractivity contribution < 1.29 is 14.3 Å². The molecule has 5 rings (SSSR count). The smallest absolute Gasteiger partial charge is 0.267 e. The van der Waals surface area contributed by atoms with Crippen LogP contribution in [0.1, 0.15) is 17.2 Å². The summed E-state index contributed by atoms with van der Waals surface area (Å²) in [5.41, 5.74) is 4.26. The Balaban J connectivity index is 1.61. The van der Waals surface area contributed by atoms with Gasteiger partial charge in [0.25, 0.3) is 5.91 Å². The molecule has 3 aromatic rings. The second kappa shape index (κ2) is 6.16. The van der Waals surface area contributed by atoms with Gasteiger partial charge in [0.05, 0.1) is 7.11 Å². The molecule has 0 aromatic heterocycles. The van der Waals surface area contributed by atoms with Crippen LogP contribution in [0.5, 0.6) is 11.5 Å². The maximum Gasteiger partial charge on any atom is 0.267 e. The quantitative estimate of drug-likeness (QED) is 0.659. The topological polar surface area (TPSA) is 38.8 Å². The molecule has 0 N–H and O–H groups in total. The van der Waals surface area contributed by atoms with Gasteiger partial charge in [-0.3, -0.25) is 4.79 Å². The number of likely N-dealkylation sites (tertiary alicyclic amines) is 1. The first-order valence-corrected chi connectivity index (χ1v) is 9.04. The molecule has 0 unspecified atom stereocenters. The van der Waals surface area contributed by atoms with E-state index in [4.69, 9.17) is 9.47 Å². The summed E-state index contributed by atoms with van der Waals surface area (Å²) in [7, 11) is 1.66. The molecule has 2 aliphatic rings. The second-order valence-corrected chi connectivity index (χ2v) is 6.88. The molecule has 4 nitrogen and oxygen atoms in total. The number of carbonyl (C=O) groups is 1. The van der Waals surface area contributed by atoms with E-state index in [1.54, 1.807) is 7.11 Å². The normalized spacial score (nSPS) is 19.7. The van der Waals surface area contributed by atoms with Crippen molar-refractivity contribution in [1.29, 1.82) is 0 Å². The van der Waals surface area contributed by atoms with Gasteiger partial charge in [-0.25, -0.2) is 0 Å². The van der Waals surface area contributed by atoms with E-state index in [2.05, 4.69) is 6.07 Å². The van der Waals surface area contributed by atoms with Crippen LogP contribution in [0, 0.1) is 0 Å². The third-order valence-corrected chi connectivity index (χ3v) is 5.36. The van der Waals surface area contributed by atoms with Gasteiger partial charge in [-0.15, -0.1) is 0 Å². The number of hydrogen-bond acceptors (Lipinski definition) is 3. The molecule has 3 aromatic carbocycles. The standard InChI is InChI=1S/C23H19NO3/c1-26-16-11-12-18-19(13-16)17-9-5-6-10-20(17)27-22-21(18)24(23(22)25)14-15-7-3-2-4-8-15/h2-13,21-22H,14H2,1H3/t21-,22+/m0/s1. The van der Waals surface area contributed by atoms with Gasteiger partial charge in [-0.05, 0) is 34.9 Å². The summed E-state index contributed by atoms with van der Waals surface area (Å²) in [5, 5.41) is 0. The molecule has 1 fully saturated rings. The second-order valence-electron chi connectivity index (χ2n) is 6.88. The van der Waals surface area contributed by atoms with Gasteiger partial charge in [0.2, 0.25) is 6.10 Å². The number of rotatable bonds is 3. The van der Waals surface area contributed by atoms with Crippen LogP contribution in [0.15, 0.2) is 72.8 Å². The molecular formula is C23H19NO3. The minimum atomic E-state index is -0.482. The van der Waals surface area contributed by atoms with E-state index in [1.807, 2.05) is 71.6 Å². The Bertz CT molecular complexity index is 1020. The molecule has 0 bridgehead atoms. The van der Waals surface area contributed by atoms with Crippen LogP contribution >= 0.6 is 0 Å². The average Bonchev–Trinajstić information content (AvgIpc) is 2.85. The lowest BCUT2D eigenvalue weighted by atomic mass is 9.86. The predicted octanol–water partition coefficient (Wildman–Crippen LogP) is 4.21. The molecule has 2 aliphatic heterocycles. The molecule has 1 amide bonds. The number of fused-ring (bicyclic) bond motifs is 5. The van der Waals surface area contributed by atoms with Gasteiger partial charge in [-0.2, -0.15) is 0 Å². The Labute approximate surface area is 158 Å². The third kappa shape index (κ3) is 2.48. The molecule has 0 spiro atoms. The maximum absolute atomic E-state index is 12.9. The number of para-hydroxylation sites is 1. The first-order chi connectivity index (χ1) is 13.3. The highest BCUT2D eigenvalue weighted by atomic mass is 16.5. The Morgan fingerprint density at radius 1 is 0.963 bits per heavy atom. The summed E-state index contributed by atoms with van der Waals surface area (Å²) in [4.78, 5) is 14.8. The minimum Gasteiger partial charge on any atom is -0.497 e. The minimum absolute atomic E-state index is 0.0299. The first-order valence-electron chi connectivity index (χ1n) is 9.04. The third-order valence-electron chi connectivity index (χ3n) is 5.36. The van der Waals surface area contributed by atoms with Crippen molar-refractivity contribution in [2.24, 2.45) is 0 Å². The molecule has 2 atom stereocenters. The SMILES string of the molecule is COc1ccc2c(c1)-c1ccccc1O[C@H]1C(=O)N(Cc3ccccc3)[C@@H]21. The molecule has 4 heteroatoms. The van der Waals surface area contributed by atoms with Crippen LogP contribution in [0.4, 0.5) is 0 Å². The first kappa shape index (κ1) is 15.9. The lowest BCUT2D eigenvalue weighted by Gasteiger charge is -2.46. The Hall–Kier alpha value is -3.27. The van der Waals surface area contributed by atoms with Gasteiger partial charge in [0, 0.05) is 12.1 Å². The highest BCUT2D eigenvalue weighted by molar-refractivity contribution is 5.92. The van der Waals surface area contributed by atoms with Crippen LogP contribution in [0.2, 0.25) is 0 Å². The van der Waals surface area contributed by atoms with E-state index in [0.717, 1.165) is 33.8 Å². The summed E-state index contributed by atoms with van der Waals surface area (Å²) < 4.78 is 11.6. The zero-order valence-corrected chi connectivity index (χ0v) is 15.0.